The molecule has 3 amide bonds. The van der Waals surface area contributed by atoms with Crippen molar-refractivity contribution in [1.29, 1.82) is 0 Å². The van der Waals surface area contributed by atoms with E-state index in [-0.39, 0.29) is 11.1 Å². The summed E-state index contributed by atoms with van der Waals surface area (Å²) in [5, 5.41) is 2.61. The molecule has 3 rings (SSSR count). The highest BCUT2D eigenvalue weighted by molar-refractivity contribution is 6.22. The summed E-state index contributed by atoms with van der Waals surface area (Å²) >= 11 is 0. The Morgan fingerprint density at radius 3 is 2.07 bits per heavy atom. The van der Waals surface area contributed by atoms with Crippen LogP contribution in [0.15, 0.2) is 48.5 Å². The number of fused-ring (bicyclic) bond motifs is 1. The predicted molar refractivity (Wildman–Crippen MR) is 102 cm³/mol. The van der Waals surface area contributed by atoms with E-state index in [1.54, 1.807) is 24.3 Å². The van der Waals surface area contributed by atoms with Gasteiger partial charge in [0, 0.05) is 25.5 Å². The van der Waals surface area contributed by atoms with E-state index in [1.807, 2.05) is 31.1 Å². The van der Waals surface area contributed by atoms with Crippen molar-refractivity contribution in [2.45, 2.75) is 0 Å². The molecule has 8 nitrogen and oxygen atoms in total. The van der Waals surface area contributed by atoms with Crippen molar-refractivity contribution in [2.24, 2.45) is 0 Å². The molecule has 2 aromatic rings. The van der Waals surface area contributed by atoms with Gasteiger partial charge < -0.3 is 15.0 Å². The van der Waals surface area contributed by atoms with Crippen LogP contribution in [0.25, 0.3) is 0 Å². The van der Waals surface area contributed by atoms with Crippen molar-refractivity contribution < 1.29 is 23.9 Å². The third-order valence-corrected chi connectivity index (χ3v) is 4.20. The number of hydrogen-bond acceptors (Lipinski definition) is 6. The summed E-state index contributed by atoms with van der Waals surface area (Å²) in [7, 11) is 3.81. The van der Waals surface area contributed by atoms with Crippen molar-refractivity contribution in [2.75, 3.05) is 37.5 Å². The van der Waals surface area contributed by atoms with E-state index < -0.39 is 36.8 Å². The Morgan fingerprint density at radius 2 is 1.54 bits per heavy atom. The summed E-state index contributed by atoms with van der Waals surface area (Å²) in [4.78, 5) is 51.1. The summed E-state index contributed by atoms with van der Waals surface area (Å²) in [5.41, 5.74) is 2.04. The molecule has 0 aliphatic carbocycles. The predicted octanol–water partition coefficient (Wildman–Crippen LogP) is 1.53. The molecule has 0 aromatic heterocycles. The number of benzene rings is 2. The Labute approximate surface area is 161 Å². The molecule has 1 heterocycles. The number of imide groups is 1. The highest BCUT2D eigenvalue weighted by atomic mass is 16.5. The Kier molecular flexibility index (Phi) is 5.39. The molecule has 0 unspecified atom stereocenters. The van der Waals surface area contributed by atoms with Gasteiger partial charge in [-0.05, 0) is 36.4 Å². The quantitative estimate of drug-likeness (QED) is 0.602. The average molecular weight is 381 g/mol. The van der Waals surface area contributed by atoms with E-state index in [4.69, 9.17) is 4.74 Å². The zero-order valence-electron chi connectivity index (χ0n) is 15.5. The van der Waals surface area contributed by atoms with Gasteiger partial charge in [-0.3, -0.25) is 24.1 Å². The van der Waals surface area contributed by atoms with Crippen molar-refractivity contribution in [3.8, 4) is 0 Å². The van der Waals surface area contributed by atoms with Crippen LogP contribution in [-0.4, -0.2) is 55.8 Å². The number of esters is 1. The molecule has 0 fully saturated rings. The smallest absolute Gasteiger partial charge is 0.326 e. The second-order valence-corrected chi connectivity index (χ2v) is 6.39. The lowest BCUT2D eigenvalue weighted by atomic mass is 10.1. The van der Waals surface area contributed by atoms with Crippen LogP contribution in [0.5, 0.6) is 0 Å². The number of carbonyl (C=O) groups excluding carboxylic acids is 4. The minimum absolute atomic E-state index is 0.249. The van der Waals surface area contributed by atoms with Gasteiger partial charge in [0.15, 0.2) is 6.61 Å². The van der Waals surface area contributed by atoms with Gasteiger partial charge in [-0.15, -0.1) is 0 Å². The van der Waals surface area contributed by atoms with E-state index in [0.717, 1.165) is 10.6 Å². The summed E-state index contributed by atoms with van der Waals surface area (Å²) < 4.78 is 4.89. The molecule has 28 heavy (non-hydrogen) atoms. The van der Waals surface area contributed by atoms with Gasteiger partial charge in [-0.2, -0.15) is 0 Å². The molecular weight excluding hydrogens is 362 g/mol. The maximum absolute atomic E-state index is 12.2. The standard InChI is InChI=1S/C20H19N3O5/c1-22(2)14-9-7-13(8-10-14)21-17(24)12-28-18(25)11-23-19(26)15-5-3-4-6-16(15)20(23)27/h3-10H,11-12H2,1-2H3,(H,21,24). The number of nitrogens with zero attached hydrogens (tertiary/aromatic N) is 2. The number of anilines is 2. The largest absolute Gasteiger partial charge is 0.454 e. The second kappa shape index (κ2) is 7.91. The molecule has 1 N–H and O–H groups in total. The zero-order chi connectivity index (χ0) is 20.3. The van der Waals surface area contributed by atoms with Gasteiger partial charge in [-0.25, -0.2) is 0 Å². The number of ether oxygens (including phenoxy) is 1. The molecular formula is C20H19N3O5. The first kappa shape index (κ1) is 19.1. The van der Waals surface area contributed by atoms with Gasteiger partial charge in [-0.1, -0.05) is 12.1 Å². The van der Waals surface area contributed by atoms with Gasteiger partial charge in [0.2, 0.25) is 0 Å². The number of hydrogen-bond donors (Lipinski definition) is 1. The van der Waals surface area contributed by atoms with E-state index in [0.29, 0.717) is 5.69 Å². The maximum Gasteiger partial charge on any atom is 0.326 e. The normalized spacial score (nSPS) is 12.6. The summed E-state index contributed by atoms with van der Waals surface area (Å²) in [5.74, 6) is -2.47. The van der Waals surface area contributed by atoms with Crippen LogP contribution in [0, 0.1) is 0 Å². The Morgan fingerprint density at radius 1 is 0.964 bits per heavy atom. The summed E-state index contributed by atoms with van der Waals surface area (Å²) in [6, 6.07) is 13.5. The maximum atomic E-state index is 12.2. The Balaban J connectivity index is 1.50. The average Bonchev–Trinajstić information content (AvgIpc) is 2.92. The molecule has 1 aliphatic rings. The van der Waals surface area contributed by atoms with E-state index in [2.05, 4.69) is 5.32 Å². The minimum Gasteiger partial charge on any atom is -0.454 e. The first-order valence-electron chi connectivity index (χ1n) is 8.55. The fourth-order valence-corrected chi connectivity index (χ4v) is 2.74. The van der Waals surface area contributed by atoms with Crippen molar-refractivity contribution in [3.63, 3.8) is 0 Å². The lowest BCUT2D eigenvalue weighted by Crippen LogP contribution is -2.36. The number of nitrogens with one attached hydrogen (secondary N) is 1. The van der Waals surface area contributed by atoms with Crippen molar-refractivity contribution in [1.82, 2.24) is 4.90 Å². The Hall–Kier alpha value is -3.68. The third kappa shape index (κ3) is 4.01. The van der Waals surface area contributed by atoms with Crippen LogP contribution >= 0.6 is 0 Å². The van der Waals surface area contributed by atoms with Crippen LogP contribution in [-0.2, 0) is 14.3 Å². The molecule has 0 saturated carbocycles. The highest BCUT2D eigenvalue weighted by Gasteiger charge is 2.36. The summed E-state index contributed by atoms with van der Waals surface area (Å²) in [6.45, 7) is -1.06. The lowest BCUT2D eigenvalue weighted by molar-refractivity contribution is -0.147. The van der Waals surface area contributed by atoms with Gasteiger partial charge in [0.25, 0.3) is 17.7 Å². The molecule has 1 aliphatic heterocycles. The van der Waals surface area contributed by atoms with Crippen molar-refractivity contribution in [3.05, 3.63) is 59.7 Å². The first-order valence-corrected chi connectivity index (χ1v) is 8.55. The number of rotatable bonds is 6. The van der Waals surface area contributed by atoms with Crippen LogP contribution in [0.1, 0.15) is 20.7 Å². The topological polar surface area (TPSA) is 96.0 Å². The zero-order valence-corrected chi connectivity index (χ0v) is 15.5. The van der Waals surface area contributed by atoms with Gasteiger partial charge >= 0.3 is 5.97 Å². The molecule has 0 bridgehead atoms. The van der Waals surface area contributed by atoms with Crippen LogP contribution in [0.3, 0.4) is 0 Å². The first-order chi connectivity index (χ1) is 13.4. The van der Waals surface area contributed by atoms with Gasteiger partial charge in [0.1, 0.15) is 6.54 Å². The monoisotopic (exact) mass is 381 g/mol. The van der Waals surface area contributed by atoms with Gasteiger partial charge in [0.05, 0.1) is 11.1 Å². The van der Waals surface area contributed by atoms with Crippen LogP contribution in [0.2, 0.25) is 0 Å². The third-order valence-electron chi connectivity index (χ3n) is 4.20. The van der Waals surface area contributed by atoms with Crippen LogP contribution < -0.4 is 10.2 Å². The highest BCUT2D eigenvalue weighted by Crippen LogP contribution is 2.22. The number of carbonyl (C=O) groups is 4. The fourth-order valence-electron chi connectivity index (χ4n) is 2.74. The lowest BCUT2D eigenvalue weighted by Gasteiger charge is -2.14. The van der Waals surface area contributed by atoms with E-state index >= 15 is 0 Å². The minimum atomic E-state index is -0.840. The van der Waals surface area contributed by atoms with Crippen molar-refractivity contribution >= 4 is 35.1 Å². The fraction of sp³-hybridized carbons (Fsp3) is 0.200. The molecule has 8 heteroatoms. The molecule has 144 valence electrons. The second-order valence-electron chi connectivity index (χ2n) is 6.39. The van der Waals surface area contributed by atoms with E-state index in [9.17, 15) is 19.2 Å². The molecule has 2 aromatic carbocycles. The number of amides is 3. The molecule has 0 radical (unpaired) electrons. The van der Waals surface area contributed by atoms with E-state index in [1.165, 1.54) is 12.1 Å². The molecule has 0 spiro atoms. The summed E-state index contributed by atoms with van der Waals surface area (Å²) in [6.07, 6.45) is 0. The SMILES string of the molecule is CN(C)c1ccc(NC(=O)COC(=O)CN2C(=O)c3ccccc3C2=O)cc1. The molecule has 0 saturated heterocycles. The van der Waals surface area contributed by atoms with Crippen LogP contribution in [0.4, 0.5) is 11.4 Å². The Bertz CT molecular complexity index is 902. The molecule has 0 atom stereocenters.